The SMILES string of the molecule is CCOc1ccc(OCc2ccc(/C=C/C(=O)c3ccc(Cl)c(Cl)c3)o2)cc1. The number of benzene rings is 2. The van der Waals surface area contributed by atoms with Crippen LogP contribution in [0.25, 0.3) is 6.08 Å². The number of rotatable bonds is 8. The molecule has 0 aliphatic carbocycles. The van der Waals surface area contributed by atoms with Gasteiger partial charge in [0.1, 0.15) is 29.6 Å². The first-order chi connectivity index (χ1) is 13.5. The lowest BCUT2D eigenvalue weighted by molar-refractivity contribution is 0.104. The van der Waals surface area contributed by atoms with Crippen LogP contribution in [-0.2, 0) is 6.61 Å². The largest absolute Gasteiger partial charge is 0.494 e. The van der Waals surface area contributed by atoms with E-state index in [1.54, 1.807) is 30.3 Å². The van der Waals surface area contributed by atoms with Gasteiger partial charge >= 0.3 is 0 Å². The molecule has 0 unspecified atom stereocenters. The maximum absolute atomic E-state index is 12.2. The van der Waals surface area contributed by atoms with Crippen LogP contribution in [0.15, 0.2) is 65.1 Å². The number of furan rings is 1. The van der Waals surface area contributed by atoms with Gasteiger partial charge in [0.15, 0.2) is 5.78 Å². The molecule has 1 aromatic heterocycles. The molecule has 0 saturated carbocycles. The first-order valence-electron chi connectivity index (χ1n) is 8.67. The summed E-state index contributed by atoms with van der Waals surface area (Å²) in [6.07, 6.45) is 3.03. The van der Waals surface area contributed by atoms with Crippen molar-refractivity contribution < 1.29 is 18.7 Å². The molecule has 0 amide bonds. The first kappa shape index (κ1) is 20.1. The summed E-state index contributed by atoms with van der Waals surface area (Å²) in [5.74, 6) is 2.52. The van der Waals surface area contributed by atoms with Gasteiger partial charge in [0.2, 0.25) is 0 Å². The highest BCUT2D eigenvalue weighted by Gasteiger charge is 2.06. The van der Waals surface area contributed by atoms with Crippen molar-refractivity contribution in [3.8, 4) is 11.5 Å². The highest BCUT2D eigenvalue weighted by molar-refractivity contribution is 6.42. The van der Waals surface area contributed by atoms with E-state index in [4.69, 9.17) is 37.1 Å². The van der Waals surface area contributed by atoms with Gasteiger partial charge in [-0.15, -0.1) is 0 Å². The molecule has 0 fully saturated rings. The van der Waals surface area contributed by atoms with Crippen LogP contribution in [0, 0.1) is 0 Å². The fraction of sp³-hybridized carbons (Fsp3) is 0.136. The molecule has 6 heteroatoms. The zero-order valence-electron chi connectivity index (χ0n) is 15.2. The van der Waals surface area contributed by atoms with Gasteiger partial charge in [0.05, 0.1) is 16.7 Å². The van der Waals surface area contributed by atoms with Gasteiger partial charge in [-0.1, -0.05) is 23.2 Å². The molecule has 4 nitrogen and oxygen atoms in total. The second-order valence-corrected chi connectivity index (χ2v) is 6.64. The predicted octanol–water partition coefficient (Wildman–Crippen LogP) is 6.46. The number of hydrogen-bond donors (Lipinski definition) is 0. The number of ketones is 1. The maximum Gasteiger partial charge on any atom is 0.186 e. The molecule has 3 rings (SSSR count). The first-order valence-corrected chi connectivity index (χ1v) is 9.42. The van der Waals surface area contributed by atoms with Gasteiger partial charge in [0.25, 0.3) is 0 Å². The molecule has 0 bridgehead atoms. The Morgan fingerprint density at radius 1 is 0.964 bits per heavy atom. The summed E-state index contributed by atoms with van der Waals surface area (Å²) in [5, 5.41) is 0.748. The van der Waals surface area contributed by atoms with Crippen molar-refractivity contribution >= 4 is 35.1 Å². The van der Waals surface area contributed by atoms with E-state index >= 15 is 0 Å². The van der Waals surface area contributed by atoms with Crippen molar-refractivity contribution in [3.63, 3.8) is 0 Å². The van der Waals surface area contributed by atoms with Crippen LogP contribution in [0.3, 0.4) is 0 Å². The van der Waals surface area contributed by atoms with Gasteiger partial charge in [0, 0.05) is 5.56 Å². The van der Waals surface area contributed by atoms with Gasteiger partial charge < -0.3 is 13.9 Å². The molecule has 28 heavy (non-hydrogen) atoms. The monoisotopic (exact) mass is 416 g/mol. The quantitative estimate of drug-likeness (QED) is 0.312. The normalized spacial score (nSPS) is 11.0. The molecule has 3 aromatic rings. The molecule has 1 heterocycles. The van der Waals surface area contributed by atoms with Crippen LogP contribution in [-0.4, -0.2) is 12.4 Å². The lowest BCUT2D eigenvalue weighted by Gasteiger charge is -2.06. The molecular formula is C22H18Cl2O4. The van der Waals surface area contributed by atoms with Crippen LogP contribution < -0.4 is 9.47 Å². The van der Waals surface area contributed by atoms with Crippen molar-refractivity contribution in [1.29, 1.82) is 0 Å². The summed E-state index contributed by atoms with van der Waals surface area (Å²) in [7, 11) is 0. The predicted molar refractivity (Wildman–Crippen MR) is 110 cm³/mol. The molecule has 0 spiro atoms. The third-order valence-electron chi connectivity index (χ3n) is 3.80. The molecule has 0 atom stereocenters. The van der Waals surface area contributed by atoms with E-state index in [-0.39, 0.29) is 12.4 Å². The Morgan fingerprint density at radius 2 is 1.68 bits per heavy atom. The van der Waals surface area contributed by atoms with E-state index in [0.717, 1.165) is 5.75 Å². The van der Waals surface area contributed by atoms with Gasteiger partial charge in [-0.2, -0.15) is 0 Å². The number of allylic oxidation sites excluding steroid dienone is 1. The summed E-state index contributed by atoms with van der Waals surface area (Å²) in [6.45, 7) is 2.84. The fourth-order valence-electron chi connectivity index (χ4n) is 2.42. The van der Waals surface area contributed by atoms with Crippen LogP contribution in [0.1, 0.15) is 28.8 Å². The Morgan fingerprint density at radius 3 is 2.36 bits per heavy atom. The summed E-state index contributed by atoms with van der Waals surface area (Å²) < 4.78 is 16.7. The molecule has 0 radical (unpaired) electrons. The van der Waals surface area contributed by atoms with E-state index in [1.165, 1.54) is 12.1 Å². The van der Waals surface area contributed by atoms with Crippen LogP contribution in [0.2, 0.25) is 10.0 Å². The second kappa shape index (κ2) is 9.49. The van der Waals surface area contributed by atoms with Gasteiger partial charge in [-0.05, 0) is 73.7 Å². The Kier molecular flexibility index (Phi) is 6.80. The van der Waals surface area contributed by atoms with Crippen molar-refractivity contribution in [2.75, 3.05) is 6.61 Å². The van der Waals surface area contributed by atoms with E-state index in [1.807, 2.05) is 31.2 Å². The highest BCUT2D eigenvalue weighted by atomic mass is 35.5. The Bertz CT molecular complexity index is 974. The molecule has 0 saturated heterocycles. The third kappa shape index (κ3) is 5.41. The third-order valence-corrected chi connectivity index (χ3v) is 4.54. The van der Waals surface area contributed by atoms with E-state index in [2.05, 4.69) is 0 Å². The number of ether oxygens (including phenoxy) is 2. The number of halogens is 2. The average Bonchev–Trinajstić information content (AvgIpc) is 3.16. The summed E-state index contributed by atoms with van der Waals surface area (Å²) in [4.78, 5) is 12.2. The summed E-state index contributed by atoms with van der Waals surface area (Å²) in [5.41, 5.74) is 0.455. The molecule has 2 aromatic carbocycles. The standard InChI is InChI=1S/C22H18Cl2O4/c1-2-26-16-4-6-17(7-5-16)27-14-19-9-8-18(28-19)10-12-22(25)15-3-11-20(23)21(24)13-15/h3-13H,2,14H2,1H3/b12-10+. The maximum atomic E-state index is 12.2. The van der Waals surface area contributed by atoms with Crippen molar-refractivity contribution in [2.24, 2.45) is 0 Å². The fourth-order valence-corrected chi connectivity index (χ4v) is 2.72. The minimum Gasteiger partial charge on any atom is -0.494 e. The van der Waals surface area contributed by atoms with Crippen molar-refractivity contribution in [3.05, 3.63) is 87.8 Å². The minimum atomic E-state index is -0.192. The highest BCUT2D eigenvalue weighted by Crippen LogP contribution is 2.23. The van der Waals surface area contributed by atoms with E-state index in [9.17, 15) is 4.79 Å². The smallest absolute Gasteiger partial charge is 0.186 e. The van der Waals surface area contributed by atoms with E-state index in [0.29, 0.717) is 39.5 Å². The lowest BCUT2D eigenvalue weighted by Crippen LogP contribution is -1.95. The lowest BCUT2D eigenvalue weighted by atomic mass is 10.1. The summed E-state index contributed by atoms with van der Waals surface area (Å²) in [6, 6.07) is 15.7. The zero-order chi connectivity index (χ0) is 19.9. The van der Waals surface area contributed by atoms with E-state index < -0.39 is 0 Å². The van der Waals surface area contributed by atoms with Crippen molar-refractivity contribution in [2.45, 2.75) is 13.5 Å². The van der Waals surface area contributed by atoms with Crippen LogP contribution >= 0.6 is 23.2 Å². The number of carbonyl (C=O) groups is 1. The Labute approximate surface area is 173 Å². The molecule has 144 valence electrons. The second-order valence-electron chi connectivity index (χ2n) is 5.82. The number of hydrogen-bond acceptors (Lipinski definition) is 4. The average molecular weight is 417 g/mol. The molecular weight excluding hydrogens is 399 g/mol. The molecule has 0 aliphatic rings. The van der Waals surface area contributed by atoms with Crippen LogP contribution in [0.5, 0.6) is 11.5 Å². The Balaban J connectivity index is 1.56. The Hall–Kier alpha value is -2.69. The van der Waals surface area contributed by atoms with Crippen LogP contribution in [0.4, 0.5) is 0 Å². The van der Waals surface area contributed by atoms with Gasteiger partial charge in [-0.25, -0.2) is 0 Å². The van der Waals surface area contributed by atoms with Crippen molar-refractivity contribution in [1.82, 2.24) is 0 Å². The zero-order valence-corrected chi connectivity index (χ0v) is 16.7. The minimum absolute atomic E-state index is 0.192. The topological polar surface area (TPSA) is 48.7 Å². The molecule has 0 N–H and O–H groups in total. The number of carbonyl (C=O) groups excluding carboxylic acids is 1. The molecule has 0 aliphatic heterocycles. The summed E-state index contributed by atoms with van der Waals surface area (Å²) >= 11 is 11.8. The van der Waals surface area contributed by atoms with Gasteiger partial charge in [-0.3, -0.25) is 4.79 Å².